The molecule has 33 heavy (non-hydrogen) atoms. The number of hydrogen-bond acceptors (Lipinski definition) is 8. The molecule has 0 saturated carbocycles. The number of carbonyl (C=O) groups excluding carboxylic acids is 4. The molecule has 0 radical (unpaired) electrons. The fourth-order valence-corrected chi connectivity index (χ4v) is 4.17. The lowest BCUT2D eigenvalue weighted by atomic mass is 9.85. The van der Waals surface area contributed by atoms with Crippen molar-refractivity contribution in [2.24, 2.45) is 24.8 Å². The minimum atomic E-state index is -0.872. The number of carbonyl (C=O) groups is 4. The lowest BCUT2D eigenvalue weighted by Crippen LogP contribution is -2.43. The summed E-state index contributed by atoms with van der Waals surface area (Å²) in [4.78, 5) is 75.5. The molecule has 2 aliphatic rings. The molecule has 11 nitrogen and oxygen atoms in total. The topological polar surface area (TPSA) is 151 Å². The van der Waals surface area contributed by atoms with Gasteiger partial charge in [0.2, 0.25) is 17.6 Å². The quantitative estimate of drug-likeness (QED) is 0.243. The van der Waals surface area contributed by atoms with E-state index in [1.807, 2.05) is 26.0 Å². The van der Waals surface area contributed by atoms with Gasteiger partial charge in [-0.1, -0.05) is 26.0 Å². The molecule has 1 aliphatic carbocycles. The molecule has 2 atom stereocenters. The Morgan fingerprint density at radius 1 is 1.09 bits per heavy atom. The highest BCUT2D eigenvalue weighted by Crippen LogP contribution is 2.35. The second-order valence-corrected chi connectivity index (χ2v) is 8.73. The van der Waals surface area contributed by atoms with Gasteiger partial charge in [-0.15, -0.1) is 0 Å². The molecule has 178 valence electrons. The van der Waals surface area contributed by atoms with Crippen molar-refractivity contribution >= 4 is 29.4 Å². The summed E-state index contributed by atoms with van der Waals surface area (Å²) in [6, 6.07) is 0. The number of Topliss-reactive ketones (excluding diaryl/α,β-unsaturated/α-hetero) is 1. The van der Waals surface area contributed by atoms with E-state index in [9.17, 15) is 28.8 Å². The van der Waals surface area contributed by atoms with Crippen LogP contribution in [0.4, 0.5) is 5.82 Å². The number of aromatic nitrogens is 2. The van der Waals surface area contributed by atoms with Gasteiger partial charge >= 0.3 is 11.7 Å². The maximum absolute atomic E-state index is 12.6. The number of nitrogens with two attached hydrogens (primary N) is 1. The average Bonchev–Trinajstić information content (AvgIpc) is 3.02. The number of nitrogen functional groups attached to an aromatic ring is 1. The number of imide groups is 1. The third-order valence-electron chi connectivity index (χ3n) is 5.91. The minimum Gasteiger partial charge on any atom is -0.457 e. The summed E-state index contributed by atoms with van der Waals surface area (Å²) in [7, 11) is 1.24. The van der Waals surface area contributed by atoms with E-state index < -0.39 is 35.2 Å². The third-order valence-corrected chi connectivity index (χ3v) is 5.91. The van der Waals surface area contributed by atoms with Crippen LogP contribution in [0.2, 0.25) is 0 Å². The second kappa shape index (κ2) is 9.55. The first kappa shape index (κ1) is 24.1. The predicted octanol–water partition coefficient (Wildman–Crippen LogP) is -0.148. The molecule has 2 heterocycles. The number of ketones is 1. The first-order valence-corrected chi connectivity index (χ1v) is 10.8. The van der Waals surface area contributed by atoms with Gasteiger partial charge in [0.05, 0.1) is 18.3 Å². The Morgan fingerprint density at radius 3 is 2.21 bits per heavy atom. The van der Waals surface area contributed by atoms with Crippen LogP contribution in [0.25, 0.3) is 0 Å². The van der Waals surface area contributed by atoms with Gasteiger partial charge < -0.3 is 10.5 Å². The molecule has 0 bridgehead atoms. The number of esters is 1. The van der Waals surface area contributed by atoms with Crippen molar-refractivity contribution in [2.75, 3.05) is 18.9 Å². The molecule has 2 amide bonds. The van der Waals surface area contributed by atoms with Crippen molar-refractivity contribution in [1.82, 2.24) is 14.0 Å². The van der Waals surface area contributed by atoms with Crippen LogP contribution in [0, 0.1) is 17.8 Å². The van der Waals surface area contributed by atoms with Crippen molar-refractivity contribution < 1.29 is 23.9 Å². The Bertz CT molecular complexity index is 1120. The van der Waals surface area contributed by atoms with Crippen molar-refractivity contribution in [3.05, 3.63) is 38.6 Å². The summed E-state index contributed by atoms with van der Waals surface area (Å²) in [5.41, 5.74) is 4.00. The minimum absolute atomic E-state index is 0.0268. The molecule has 1 fully saturated rings. The van der Waals surface area contributed by atoms with Crippen molar-refractivity contribution in [2.45, 2.75) is 39.7 Å². The van der Waals surface area contributed by atoms with Crippen LogP contribution < -0.4 is 17.0 Å². The van der Waals surface area contributed by atoms with Gasteiger partial charge in [-0.05, 0) is 18.8 Å². The monoisotopic (exact) mass is 460 g/mol. The number of anilines is 1. The highest BCUT2D eigenvalue weighted by Gasteiger charge is 2.47. The number of allylic oxidation sites excluding steroid dienone is 2. The normalized spacial score (nSPS) is 19.8. The average molecular weight is 460 g/mol. The number of fused-ring (bicyclic) bond motifs is 1. The van der Waals surface area contributed by atoms with Crippen molar-refractivity contribution in [3.8, 4) is 0 Å². The van der Waals surface area contributed by atoms with Crippen LogP contribution in [0.5, 0.6) is 0 Å². The maximum atomic E-state index is 12.6. The third kappa shape index (κ3) is 4.67. The van der Waals surface area contributed by atoms with Crippen LogP contribution in [0.1, 0.15) is 43.5 Å². The molecule has 1 aromatic heterocycles. The van der Waals surface area contributed by atoms with Gasteiger partial charge in [-0.3, -0.25) is 38.0 Å². The number of nitrogens with zero attached hydrogens (tertiary/aromatic N) is 3. The maximum Gasteiger partial charge on any atom is 0.332 e. The van der Waals surface area contributed by atoms with E-state index in [1.54, 1.807) is 0 Å². The molecule has 1 aliphatic heterocycles. The number of rotatable bonds is 8. The van der Waals surface area contributed by atoms with Crippen LogP contribution in [-0.2, 0) is 32.7 Å². The van der Waals surface area contributed by atoms with Crippen LogP contribution >= 0.6 is 0 Å². The van der Waals surface area contributed by atoms with E-state index in [0.717, 1.165) is 14.0 Å². The molecule has 0 spiro atoms. The molecule has 1 aromatic rings. The smallest absolute Gasteiger partial charge is 0.332 e. The van der Waals surface area contributed by atoms with E-state index in [2.05, 4.69) is 0 Å². The highest BCUT2D eigenvalue weighted by atomic mass is 16.5. The standard InChI is InChI=1S/C22H28N4O7/c1-12(2)10-26-18(23)17(21(31)24(3)22(26)32)15(27)11-33-16(28)8-9-25-19(29)13-6-4-5-7-14(13)20(25)30/h4-5,12-14H,6-11,23H2,1-3H3/t13-,14+. The summed E-state index contributed by atoms with van der Waals surface area (Å²) in [6.45, 7) is 3.01. The van der Waals surface area contributed by atoms with E-state index >= 15 is 0 Å². The molecule has 0 unspecified atom stereocenters. The molecule has 1 saturated heterocycles. The van der Waals surface area contributed by atoms with Crippen molar-refractivity contribution in [1.29, 1.82) is 0 Å². The highest BCUT2D eigenvalue weighted by molar-refractivity contribution is 6.05. The summed E-state index contributed by atoms with van der Waals surface area (Å²) in [5.74, 6) is -3.28. The second-order valence-electron chi connectivity index (χ2n) is 8.73. The molecular formula is C22H28N4O7. The van der Waals surface area contributed by atoms with Crippen LogP contribution in [0.15, 0.2) is 21.7 Å². The molecule has 3 rings (SSSR count). The SMILES string of the molecule is CC(C)Cn1c(N)c(C(=O)COC(=O)CCN2C(=O)[C@H]3CC=CC[C@H]3C2=O)c(=O)n(C)c1=O. The van der Waals surface area contributed by atoms with Gasteiger partial charge in [-0.25, -0.2) is 4.79 Å². The van der Waals surface area contributed by atoms with Gasteiger partial charge in [-0.2, -0.15) is 0 Å². The number of likely N-dealkylation sites (tertiary alicyclic amines) is 1. The van der Waals surface area contributed by atoms with Crippen LogP contribution in [-0.4, -0.2) is 50.8 Å². The fourth-order valence-electron chi connectivity index (χ4n) is 4.17. The van der Waals surface area contributed by atoms with Crippen LogP contribution in [0.3, 0.4) is 0 Å². The molecule has 0 aromatic carbocycles. The van der Waals surface area contributed by atoms with E-state index in [4.69, 9.17) is 10.5 Å². The number of ether oxygens (including phenoxy) is 1. The Labute approximate surface area is 189 Å². The van der Waals surface area contributed by atoms with Gasteiger partial charge in [0.25, 0.3) is 5.56 Å². The van der Waals surface area contributed by atoms with Gasteiger partial charge in [0.1, 0.15) is 11.4 Å². The predicted molar refractivity (Wildman–Crippen MR) is 117 cm³/mol. The Morgan fingerprint density at radius 2 is 1.67 bits per heavy atom. The van der Waals surface area contributed by atoms with E-state index in [0.29, 0.717) is 12.8 Å². The zero-order valence-electron chi connectivity index (χ0n) is 18.9. The van der Waals surface area contributed by atoms with E-state index in [1.165, 1.54) is 7.05 Å². The number of hydrogen-bond donors (Lipinski definition) is 1. The zero-order valence-corrected chi connectivity index (χ0v) is 18.9. The van der Waals surface area contributed by atoms with Gasteiger partial charge in [0, 0.05) is 20.1 Å². The lowest BCUT2D eigenvalue weighted by Gasteiger charge is -2.16. The van der Waals surface area contributed by atoms with Crippen molar-refractivity contribution in [3.63, 3.8) is 0 Å². The number of amides is 2. The molecular weight excluding hydrogens is 432 g/mol. The largest absolute Gasteiger partial charge is 0.457 e. The van der Waals surface area contributed by atoms with Gasteiger partial charge in [0.15, 0.2) is 6.61 Å². The summed E-state index contributed by atoms with van der Waals surface area (Å²) < 4.78 is 6.89. The Hall–Kier alpha value is -3.50. The Balaban J connectivity index is 1.63. The zero-order chi connectivity index (χ0) is 24.4. The Kier molecular flexibility index (Phi) is 6.99. The molecule has 2 N–H and O–H groups in total. The lowest BCUT2D eigenvalue weighted by molar-refractivity contribution is -0.145. The first-order valence-electron chi connectivity index (χ1n) is 10.8. The van der Waals surface area contributed by atoms with E-state index in [-0.39, 0.29) is 54.9 Å². The molecule has 11 heteroatoms. The summed E-state index contributed by atoms with van der Waals surface area (Å²) in [5, 5.41) is 0. The first-order chi connectivity index (χ1) is 15.5. The summed E-state index contributed by atoms with van der Waals surface area (Å²) >= 11 is 0. The fraction of sp³-hybridized carbons (Fsp3) is 0.545. The summed E-state index contributed by atoms with van der Waals surface area (Å²) in [6.07, 6.45) is 4.46.